The summed E-state index contributed by atoms with van der Waals surface area (Å²) in [6.07, 6.45) is 2.79. The number of guanidine groups is 1. The number of aryl methyl sites for hydroxylation is 2. The molecule has 0 aromatic carbocycles. The fourth-order valence-corrected chi connectivity index (χ4v) is 2.43. The van der Waals surface area contributed by atoms with Crippen LogP contribution in [0.1, 0.15) is 15.6 Å². The Morgan fingerprint density at radius 3 is 2.76 bits per heavy atom. The van der Waals surface area contributed by atoms with Crippen LogP contribution in [0.25, 0.3) is 0 Å². The molecule has 0 aliphatic heterocycles. The van der Waals surface area contributed by atoms with Crippen LogP contribution in [0.4, 0.5) is 0 Å². The van der Waals surface area contributed by atoms with E-state index in [2.05, 4.69) is 34.1 Å². The summed E-state index contributed by atoms with van der Waals surface area (Å²) in [7, 11) is 1.76. The van der Waals surface area contributed by atoms with E-state index in [1.54, 1.807) is 18.4 Å². The van der Waals surface area contributed by atoms with E-state index in [9.17, 15) is 0 Å². The monoisotopic (exact) mass is 252 g/mol. The highest BCUT2D eigenvalue weighted by Crippen LogP contribution is 2.16. The molecule has 0 saturated carbocycles. The highest BCUT2D eigenvalue weighted by Gasteiger charge is 2.04. The van der Waals surface area contributed by atoms with E-state index in [-0.39, 0.29) is 0 Å². The van der Waals surface area contributed by atoms with E-state index in [4.69, 9.17) is 0 Å². The van der Waals surface area contributed by atoms with Crippen molar-refractivity contribution in [2.45, 2.75) is 20.3 Å². The van der Waals surface area contributed by atoms with Crippen LogP contribution in [-0.2, 0) is 6.42 Å². The quantitative estimate of drug-likeness (QED) is 0.476. The van der Waals surface area contributed by atoms with Crippen molar-refractivity contribution < 1.29 is 0 Å². The highest BCUT2D eigenvalue weighted by molar-refractivity contribution is 7.11. The van der Waals surface area contributed by atoms with Crippen LogP contribution in [-0.4, -0.2) is 31.1 Å². The fourth-order valence-electron chi connectivity index (χ4n) is 1.49. The van der Waals surface area contributed by atoms with E-state index in [0.717, 1.165) is 36.2 Å². The third-order valence-electron chi connectivity index (χ3n) is 2.28. The Hall–Kier alpha value is -1.36. The molecule has 1 aromatic heterocycles. The Labute approximate surface area is 107 Å². The van der Waals surface area contributed by atoms with E-state index < -0.39 is 0 Å². The van der Waals surface area contributed by atoms with Crippen LogP contribution in [0.5, 0.6) is 0 Å². The largest absolute Gasteiger partial charge is 0.356 e. The van der Waals surface area contributed by atoms with Crippen molar-refractivity contribution in [1.82, 2.24) is 15.6 Å². The standard InChI is InChI=1S/C12H20N4S/c1-5-7-14-12(13-4)15-8-6-11-9(2)16-10(3)17-11/h5H,1,6-8H2,2-4H3,(H2,13,14,15). The van der Waals surface area contributed by atoms with E-state index in [0.29, 0.717) is 0 Å². The molecule has 0 spiro atoms. The number of hydrogen-bond acceptors (Lipinski definition) is 3. The summed E-state index contributed by atoms with van der Waals surface area (Å²) in [5.74, 6) is 0.809. The first-order chi connectivity index (χ1) is 8.17. The van der Waals surface area contributed by atoms with Gasteiger partial charge in [-0.25, -0.2) is 4.98 Å². The molecule has 1 heterocycles. The second-order valence-corrected chi connectivity index (χ2v) is 4.95. The van der Waals surface area contributed by atoms with Gasteiger partial charge in [0.15, 0.2) is 5.96 Å². The molecular weight excluding hydrogens is 232 g/mol. The average Bonchev–Trinajstić information content (AvgIpc) is 2.62. The molecule has 1 rings (SSSR count). The van der Waals surface area contributed by atoms with Gasteiger partial charge in [0.2, 0.25) is 0 Å². The lowest BCUT2D eigenvalue weighted by Gasteiger charge is -2.09. The number of hydrogen-bond donors (Lipinski definition) is 2. The first-order valence-electron chi connectivity index (χ1n) is 5.65. The zero-order valence-corrected chi connectivity index (χ0v) is 11.5. The predicted molar refractivity (Wildman–Crippen MR) is 74.9 cm³/mol. The molecule has 0 radical (unpaired) electrons. The van der Waals surface area contributed by atoms with Crippen molar-refractivity contribution in [3.8, 4) is 0 Å². The Morgan fingerprint density at radius 2 is 2.24 bits per heavy atom. The zero-order valence-electron chi connectivity index (χ0n) is 10.7. The van der Waals surface area contributed by atoms with Crippen molar-refractivity contribution in [1.29, 1.82) is 0 Å². The predicted octanol–water partition coefficient (Wildman–Crippen LogP) is 1.65. The van der Waals surface area contributed by atoms with E-state index in [1.807, 2.05) is 13.0 Å². The minimum atomic E-state index is 0.721. The molecule has 0 fully saturated rings. The van der Waals surface area contributed by atoms with E-state index >= 15 is 0 Å². The molecule has 5 heteroatoms. The molecule has 0 amide bonds. The maximum absolute atomic E-state index is 4.41. The summed E-state index contributed by atoms with van der Waals surface area (Å²) in [6, 6.07) is 0. The van der Waals surface area contributed by atoms with Gasteiger partial charge in [0.1, 0.15) is 0 Å². The van der Waals surface area contributed by atoms with Crippen molar-refractivity contribution >= 4 is 17.3 Å². The van der Waals surface area contributed by atoms with Gasteiger partial charge >= 0.3 is 0 Å². The van der Waals surface area contributed by atoms with Gasteiger partial charge in [0.25, 0.3) is 0 Å². The highest BCUT2D eigenvalue weighted by atomic mass is 32.1. The molecule has 1 aromatic rings. The summed E-state index contributed by atoms with van der Waals surface area (Å²) in [6.45, 7) is 9.34. The first-order valence-corrected chi connectivity index (χ1v) is 6.47. The zero-order chi connectivity index (χ0) is 12.7. The third kappa shape index (κ3) is 4.56. The summed E-state index contributed by atoms with van der Waals surface area (Å²) in [5, 5.41) is 7.52. The maximum Gasteiger partial charge on any atom is 0.191 e. The Kier molecular flexibility index (Phi) is 5.69. The summed E-state index contributed by atoms with van der Waals surface area (Å²) < 4.78 is 0. The molecule has 0 atom stereocenters. The molecule has 4 nitrogen and oxygen atoms in total. The van der Waals surface area contributed by atoms with Gasteiger partial charge in [-0.1, -0.05) is 6.08 Å². The van der Waals surface area contributed by atoms with Gasteiger partial charge in [-0.15, -0.1) is 17.9 Å². The van der Waals surface area contributed by atoms with E-state index in [1.165, 1.54) is 4.88 Å². The molecule has 0 bridgehead atoms. The minimum Gasteiger partial charge on any atom is -0.356 e. The Balaban J connectivity index is 2.36. The maximum atomic E-state index is 4.41. The minimum absolute atomic E-state index is 0.721. The fraction of sp³-hybridized carbons (Fsp3) is 0.500. The summed E-state index contributed by atoms with van der Waals surface area (Å²) in [4.78, 5) is 9.87. The molecular formula is C12H20N4S. The van der Waals surface area contributed by atoms with Crippen LogP contribution in [0.15, 0.2) is 17.6 Å². The topological polar surface area (TPSA) is 49.3 Å². The first kappa shape index (κ1) is 13.7. The third-order valence-corrected chi connectivity index (χ3v) is 3.41. The number of nitrogens with zero attached hydrogens (tertiary/aromatic N) is 2. The van der Waals surface area contributed by atoms with Crippen molar-refractivity contribution in [2.75, 3.05) is 20.1 Å². The van der Waals surface area contributed by atoms with Gasteiger partial charge in [-0.3, -0.25) is 4.99 Å². The van der Waals surface area contributed by atoms with Crippen LogP contribution in [0.3, 0.4) is 0 Å². The molecule has 0 aliphatic carbocycles. The van der Waals surface area contributed by atoms with Gasteiger partial charge < -0.3 is 10.6 Å². The number of aromatic nitrogens is 1. The lowest BCUT2D eigenvalue weighted by atomic mass is 10.3. The molecule has 0 unspecified atom stereocenters. The number of thiazole rings is 1. The summed E-state index contributed by atoms with van der Waals surface area (Å²) in [5.41, 5.74) is 1.14. The molecule has 17 heavy (non-hydrogen) atoms. The number of aliphatic imine (C=N–C) groups is 1. The lowest BCUT2D eigenvalue weighted by Crippen LogP contribution is -2.38. The molecule has 94 valence electrons. The van der Waals surface area contributed by atoms with Gasteiger partial charge in [0, 0.05) is 31.4 Å². The van der Waals surface area contributed by atoms with Crippen molar-refractivity contribution in [3.05, 3.63) is 28.2 Å². The van der Waals surface area contributed by atoms with Crippen LogP contribution in [0, 0.1) is 13.8 Å². The second kappa shape index (κ2) is 7.06. The molecule has 0 saturated heterocycles. The molecule has 0 aliphatic rings. The lowest BCUT2D eigenvalue weighted by molar-refractivity contribution is 0.824. The SMILES string of the molecule is C=CCNC(=NC)NCCc1sc(C)nc1C. The van der Waals surface area contributed by atoms with Crippen LogP contribution in [0.2, 0.25) is 0 Å². The van der Waals surface area contributed by atoms with Crippen molar-refractivity contribution in [3.63, 3.8) is 0 Å². The molecule has 2 N–H and O–H groups in total. The van der Waals surface area contributed by atoms with Crippen LogP contribution < -0.4 is 10.6 Å². The Morgan fingerprint density at radius 1 is 1.47 bits per heavy atom. The average molecular weight is 252 g/mol. The van der Waals surface area contributed by atoms with Crippen LogP contribution >= 0.6 is 11.3 Å². The second-order valence-electron chi connectivity index (χ2n) is 3.66. The van der Waals surface area contributed by atoms with Gasteiger partial charge in [-0.2, -0.15) is 0 Å². The van der Waals surface area contributed by atoms with Crippen molar-refractivity contribution in [2.24, 2.45) is 4.99 Å². The normalized spacial score (nSPS) is 11.4. The summed E-state index contributed by atoms with van der Waals surface area (Å²) >= 11 is 1.76. The van der Waals surface area contributed by atoms with Gasteiger partial charge in [0.05, 0.1) is 10.7 Å². The smallest absolute Gasteiger partial charge is 0.191 e. The number of rotatable bonds is 5. The number of nitrogens with one attached hydrogen (secondary N) is 2. The van der Waals surface area contributed by atoms with Gasteiger partial charge in [-0.05, 0) is 13.8 Å². The Bertz CT molecular complexity index is 395.